The average Bonchev–Trinajstić information content (AvgIpc) is 2.23. The van der Waals surface area contributed by atoms with Crippen LogP contribution in [-0.2, 0) is 9.47 Å². The van der Waals surface area contributed by atoms with Crippen LogP contribution < -0.4 is 0 Å². The predicted octanol–water partition coefficient (Wildman–Crippen LogP) is 2.20. The fraction of sp³-hybridized carbons (Fsp3) is 0.583. The molecule has 0 aromatic carbocycles. The van der Waals surface area contributed by atoms with E-state index in [1.807, 2.05) is 25.2 Å². The topological polar surface area (TPSA) is 42.2 Å². The third-order valence-electron chi connectivity index (χ3n) is 2.28. The van der Waals surface area contributed by atoms with Gasteiger partial charge in [0, 0.05) is 6.61 Å². The van der Waals surface area contributed by atoms with Gasteiger partial charge in [-0.25, -0.2) is 0 Å². The largest absolute Gasteiger partial charge is 0.372 e. The number of rotatable bonds is 5. The molecule has 0 N–H and O–H groups in total. The lowest BCUT2D eigenvalue weighted by molar-refractivity contribution is -0.0765. The van der Waals surface area contributed by atoms with Crippen molar-refractivity contribution in [3.05, 3.63) is 24.8 Å². The van der Waals surface area contributed by atoms with E-state index in [9.17, 15) is 0 Å². The standard InChI is InChI=1S/C12H17NO2/c1-3-5-10-6-7-11(14-4-2)12(15-10)8-9-13/h3,6-7,10-12H,1,4-5,8H2,2H3/t10-,11+,12-/m1/s1. The zero-order valence-electron chi connectivity index (χ0n) is 9.06. The van der Waals surface area contributed by atoms with Gasteiger partial charge in [0.05, 0.1) is 18.6 Å². The van der Waals surface area contributed by atoms with E-state index in [1.165, 1.54) is 0 Å². The molecule has 1 rings (SSSR count). The van der Waals surface area contributed by atoms with Gasteiger partial charge in [0.25, 0.3) is 0 Å². The maximum Gasteiger partial charge on any atom is 0.103 e. The molecule has 0 saturated carbocycles. The molecule has 3 heteroatoms. The summed E-state index contributed by atoms with van der Waals surface area (Å²) in [5, 5.41) is 8.69. The van der Waals surface area contributed by atoms with E-state index < -0.39 is 0 Å². The van der Waals surface area contributed by atoms with E-state index in [1.54, 1.807) is 0 Å². The third kappa shape index (κ3) is 3.50. The Morgan fingerprint density at radius 1 is 1.60 bits per heavy atom. The minimum Gasteiger partial charge on any atom is -0.372 e. The zero-order valence-corrected chi connectivity index (χ0v) is 9.06. The first-order valence-electron chi connectivity index (χ1n) is 5.25. The Labute approximate surface area is 91.0 Å². The summed E-state index contributed by atoms with van der Waals surface area (Å²) < 4.78 is 11.2. The van der Waals surface area contributed by atoms with E-state index in [-0.39, 0.29) is 18.3 Å². The molecule has 3 atom stereocenters. The minimum absolute atomic E-state index is 0.0394. The van der Waals surface area contributed by atoms with E-state index >= 15 is 0 Å². The van der Waals surface area contributed by atoms with Crippen molar-refractivity contribution in [2.75, 3.05) is 6.61 Å². The monoisotopic (exact) mass is 207 g/mol. The molecule has 0 saturated heterocycles. The van der Waals surface area contributed by atoms with E-state index in [0.717, 1.165) is 6.42 Å². The van der Waals surface area contributed by atoms with Crippen molar-refractivity contribution in [1.82, 2.24) is 0 Å². The normalized spacial score (nSPS) is 29.7. The molecule has 0 bridgehead atoms. The van der Waals surface area contributed by atoms with Crippen molar-refractivity contribution < 1.29 is 9.47 Å². The van der Waals surface area contributed by atoms with Crippen LogP contribution in [0.1, 0.15) is 19.8 Å². The maximum atomic E-state index is 8.69. The van der Waals surface area contributed by atoms with Gasteiger partial charge >= 0.3 is 0 Å². The molecule has 0 spiro atoms. The van der Waals surface area contributed by atoms with Gasteiger partial charge in [0.15, 0.2) is 0 Å². The number of nitriles is 1. The quantitative estimate of drug-likeness (QED) is 0.649. The van der Waals surface area contributed by atoms with Crippen molar-refractivity contribution in [2.45, 2.75) is 38.1 Å². The minimum atomic E-state index is -0.148. The Bertz CT molecular complexity index is 267. The Hall–Kier alpha value is -1.11. The summed E-state index contributed by atoms with van der Waals surface area (Å²) in [7, 11) is 0. The number of ether oxygens (including phenoxy) is 2. The fourth-order valence-corrected chi connectivity index (χ4v) is 1.61. The molecule has 15 heavy (non-hydrogen) atoms. The second kappa shape index (κ2) is 6.39. The van der Waals surface area contributed by atoms with Crippen molar-refractivity contribution in [1.29, 1.82) is 5.26 Å². The van der Waals surface area contributed by atoms with Crippen molar-refractivity contribution >= 4 is 0 Å². The SMILES string of the molecule is C=CC[C@@H]1C=C[C@H](OCC)[C@@H](CC#N)O1. The van der Waals surface area contributed by atoms with Crippen LogP contribution in [-0.4, -0.2) is 24.9 Å². The van der Waals surface area contributed by atoms with E-state index in [2.05, 4.69) is 12.6 Å². The summed E-state index contributed by atoms with van der Waals surface area (Å²) in [6, 6.07) is 2.12. The van der Waals surface area contributed by atoms with Gasteiger partial charge in [0.2, 0.25) is 0 Å². The smallest absolute Gasteiger partial charge is 0.103 e. The zero-order chi connectivity index (χ0) is 11.1. The first-order chi connectivity index (χ1) is 7.31. The number of nitrogens with zero attached hydrogens (tertiary/aromatic N) is 1. The highest BCUT2D eigenvalue weighted by atomic mass is 16.5. The van der Waals surface area contributed by atoms with Crippen LogP contribution in [0.15, 0.2) is 24.8 Å². The van der Waals surface area contributed by atoms with Crippen LogP contribution in [0.25, 0.3) is 0 Å². The molecule has 0 radical (unpaired) electrons. The molecular weight excluding hydrogens is 190 g/mol. The molecule has 0 aliphatic carbocycles. The second-order valence-corrected chi connectivity index (χ2v) is 3.40. The Kier molecular flexibility index (Phi) is 5.09. The maximum absolute atomic E-state index is 8.69. The number of hydrogen-bond acceptors (Lipinski definition) is 3. The van der Waals surface area contributed by atoms with Gasteiger partial charge in [-0.1, -0.05) is 18.2 Å². The fourth-order valence-electron chi connectivity index (χ4n) is 1.61. The lowest BCUT2D eigenvalue weighted by Gasteiger charge is -2.30. The van der Waals surface area contributed by atoms with Gasteiger partial charge in [-0.3, -0.25) is 0 Å². The molecule has 0 aromatic heterocycles. The van der Waals surface area contributed by atoms with Crippen LogP contribution in [0.2, 0.25) is 0 Å². The Morgan fingerprint density at radius 2 is 2.40 bits per heavy atom. The van der Waals surface area contributed by atoms with Crippen LogP contribution in [0.3, 0.4) is 0 Å². The lowest BCUT2D eigenvalue weighted by Crippen LogP contribution is -2.36. The van der Waals surface area contributed by atoms with E-state index in [4.69, 9.17) is 14.7 Å². The summed E-state index contributed by atoms with van der Waals surface area (Å²) in [4.78, 5) is 0. The third-order valence-corrected chi connectivity index (χ3v) is 2.28. The average molecular weight is 207 g/mol. The molecular formula is C12H17NO2. The van der Waals surface area contributed by atoms with Crippen LogP contribution >= 0.6 is 0 Å². The first-order valence-corrected chi connectivity index (χ1v) is 5.25. The highest BCUT2D eigenvalue weighted by molar-refractivity contribution is 5.06. The summed E-state index contributed by atoms with van der Waals surface area (Å²) in [6.45, 7) is 6.24. The molecule has 0 fully saturated rings. The Morgan fingerprint density at radius 3 is 3.00 bits per heavy atom. The van der Waals surface area contributed by atoms with Crippen LogP contribution in [0.4, 0.5) is 0 Å². The highest BCUT2D eigenvalue weighted by Crippen LogP contribution is 2.20. The number of hydrogen-bond donors (Lipinski definition) is 0. The summed E-state index contributed by atoms with van der Waals surface area (Å²) in [5.41, 5.74) is 0. The van der Waals surface area contributed by atoms with E-state index in [0.29, 0.717) is 13.0 Å². The molecule has 82 valence electrons. The summed E-state index contributed by atoms with van der Waals surface area (Å²) in [5.74, 6) is 0. The molecule has 1 heterocycles. The first kappa shape index (κ1) is 12.0. The second-order valence-electron chi connectivity index (χ2n) is 3.40. The Balaban J connectivity index is 2.60. The summed E-state index contributed by atoms with van der Waals surface area (Å²) in [6.07, 6.45) is 6.73. The van der Waals surface area contributed by atoms with Gasteiger partial charge in [-0.15, -0.1) is 6.58 Å². The predicted molar refractivity (Wildman–Crippen MR) is 58.3 cm³/mol. The van der Waals surface area contributed by atoms with Crippen molar-refractivity contribution in [2.24, 2.45) is 0 Å². The van der Waals surface area contributed by atoms with Gasteiger partial charge < -0.3 is 9.47 Å². The van der Waals surface area contributed by atoms with Crippen molar-refractivity contribution in [3.8, 4) is 6.07 Å². The highest BCUT2D eigenvalue weighted by Gasteiger charge is 2.26. The molecule has 0 aromatic rings. The molecule has 0 unspecified atom stereocenters. The molecule has 1 aliphatic rings. The van der Waals surface area contributed by atoms with Crippen molar-refractivity contribution in [3.63, 3.8) is 0 Å². The molecule has 0 amide bonds. The molecule has 1 aliphatic heterocycles. The van der Waals surface area contributed by atoms with Gasteiger partial charge in [-0.2, -0.15) is 5.26 Å². The lowest BCUT2D eigenvalue weighted by atomic mass is 10.0. The van der Waals surface area contributed by atoms with Crippen LogP contribution in [0.5, 0.6) is 0 Å². The van der Waals surface area contributed by atoms with Gasteiger partial charge in [-0.05, 0) is 13.3 Å². The summed E-state index contributed by atoms with van der Waals surface area (Å²) >= 11 is 0. The van der Waals surface area contributed by atoms with Gasteiger partial charge in [0.1, 0.15) is 12.2 Å². The van der Waals surface area contributed by atoms with Crippen LogP contribution in [0, 0.1) is 11.3 Å². The molecule has 3 nitrogen and oxygen atoms in total.